The van der Waals surface area contributed by atoms with Gasteiger partial charge in [0.25, 0.3) is 0 Å². The molecule has 38 heavy (non-hydrogen) atoms. The van der Waals surface area contributed by atoms with E-state index >= 15 is 0 Å². The third-order valence-corrected chi connectivity index (χ3v) is 6.60. The van der Waals surface area contributed by atoms with Crippen LogP contribution in [-0.4, -0.2) is 40.2 Å². The quantitative estimate of drug-likeness (QED) is 0.348. The highest BCUT2D eigenvalue weighted by Gasteiger charge is 2.34. The van der Waals surface area contributed by atoms with Crippen LogP contribution in [0.2, 0.25) is 0 Å². The molecule has 0 saturated carbocycles. The third-order valence-electron chi connectivity index (χ3n) is 6.60. The summed E-state index contributed by atoms with van der Waals surface area (Å²) in [5.74, 6) is -0.592. The number of amides is 3. The summed E-state index contributed by atoms with van der Waals surface area (Å²) in [6.07, 6.45) is 2.90. The molecule has 2 heterocycles. The van der Waals surface area contributed by atoms with E-state index in [9.17, 15) is 19.6 Å². The van der Waals surface area contributed by atoms with E-state index in [4.69, 9.17) is 0 Å². The van der Waals surface area contributed by atoms with Crippen LogP contribution < -0.4 is 10.6 Å². The van der Waals surface area contributed by atoms with E-state index in [0.29, 0.717) is 41.0 Å². The predicted molar refractivity (Wildman–Crippen MR) is 146 cm³/mol. The highest BCUT2D eigenvalue weighted by Crippen LogP contribution is 2.32. The Bertz CT molecular complexity index is 1550. The highest BCUT2D eigenvalue weighted by molar-refractivity contribution is 6.02. The molecule has 1 aliphatic rings. The summed E-state index contributed by atoms with van der Waals surface area (Å²) in [5.41, 5.74) is 4.69. The molecule has 1 radical (unpaired) electrons. The summed E-state index contributed by atoms with van der Waals surface area (Å²) < 4.78 is 0. The minimum atomic E-state index is -0.558. The van der Waals surface area contributed by atoms with E-state index in [2.05, 4.69) is 21.7 Å². The van der Waals surface area contributed by atoms with Crippen molar-refractivity contribution >= 4 is 40.0 Å². The molecule has 5 rings (SSSR count). The number of aromatic amines is 1. The topological polar surface area (TPSA) is 118 Å². The van der Waals surface area contributed by atoms with Gasteiger partial charge in [0, 0.05) is 35.7 Å². The summed E-state index contributed by atoms with van der Waals surface area (Å²) in [4.78, 5) is 42.3. The van der Waals surface area contributed by atoms with Gasteiger partial charge in [-0.25, -0.2) is 0 Å². The van der Waals surface area contributed by atoms with Crippen LogP contribution in [0.5, 0.6) is 0 Å². The first-order valence-electron chi connectivity index (χ1n) is 12.4. The van der Waals surface area contributed by atoms with Gasteiger partial charge in [-0.3, -0.25) is 14.4 Å². The lowest BCUT2D eigenvalue weighted by atomic mass is 10.1. The molecule has 8 heteroatoms. The number of anilines is 2. The maximum absolute atomic E-state index is 13.2. The number of nitriles is 1. The molecule has 1 aromatic heterocycles. The lowest BCUT2D eigenvalue weighted by molar-refractivity contribution is -0.133. The number of H-pyrrole nitrogens is 1. The van der Waals surface area contributed by atoms with Gasteiger partial charge < -0.3 is 20.5 Å². The molecule has 0 spiro atoms. The largest absolute Gasteiger partial charge is 0.353 e. The molecule has 0 bridgehead atoms. The van der Waals surface area contributed by atoms with Crippen molar-refractivity contribution in [2.45, 2.75) is 25.8 Å². The molecule has 0 unspecified atom stereocenters. The number of carbonyl (C=O) groups is 3. The van der Waals surface area contributed by atoms with Crippen molar-refractivity contribution in [1.82, 2.24) is 9.88 Å². The van der Waals surface area contributed by atoms with Gasteiger partial charge >= 0.3 is 0 Å². The van der Waals surface area contributed by atoms with Crippen LogP contribution in [0.3, 0.4) is 0 Å². The van der Waals surface area contributed by atoms with Crippen LogP contribution in [0.25, 0.3) is 22.2 Å². The molecular weight excluding hydrogens is 478 g/mol. The Morgan fingerprint density at radius 3 is 2.45 bits per heavy atom. The molecule has 1 saturated heterocycles. The Labute approximate surface area is 220 Å². The zero-order valence-electron chi connectivity index (χ0n) is 20.8. The number of carbonyl (C=O) groups excluding carboxylic acids is 3. The van der Waals surface area contributed by atoms with E-state index in [0.717, 1.165) is 23.1 Å². The first kappa shape index (κ1) is 24.8. The third kappa shape index (κ3) is 5.13. The number of nitrogens with one attached hydrogen (secondary N) is 3. The smallest absolute Gasteiger partial charge is 0.247 e. The summed E-state index contributed by atoms with van der Waals surface area (Å²) in [5, 5.41) is 16.3. The molecule has 4 aromatic rings. The van der Waals surface area contributed by atoms with Crippen LogP contribution >= 0.6 is 0 Å². The van der Waals surface area contributed by atoms with Crippen LogP contribution in [0.4, 0.5) is 11.4 Å². The highest BCUT2D eigenvalue weighted by atomic mass is 16.2. The number of likely N-dealkylation sites (tertiary alicyclic amines) is 1. The summed E-state index contributed by atoms with van der Waals surface area (Å²) in [7, 11) is 0. The maximum Gasteiger partial charge on any atom is 0.247 e. The zero-order valence-corrected chi connectivity index (χ0v) is 20.8. The molecule has 189 valence electrons. The molecule has 1 aliphatic heterocycles. The molecule has 3 aromatic carbocycles. The van der Waals surface area contributed by atoms with Crippen LogP contribution in [0.1, 0.15) is 30.9 Å². The van der Waals surface area contributed by atoms with Crippen LogP contribution in [0.15, 0.2) is 72.8 Å². The van der Waals surface area contributed by atoms with Gasteiger partial charge in [0.1, 0.15) is 12.1 Å². The fourth-order valence-electron chi connectivity index (χ4n) is 4.83. The van der Waals surface area contributed by atoms with Crippen molar-refractivity contribution in [2.75, 3.05) is 17.2 Å². The van der Waals surface area contributed by atoms with Gasteiger partial charge in [0.15, 0.2) is 0 Å². The zero-order chi connectivity index (χ0) is 26.6. The Balaban J connectivity index is 1.34. The number of hydrogen-bond donors (Lipinski definition) is 3. The van der Waals surface area contributed by atoms with E-state index in [1.54, 1.807) is 35.6 Å². The number of fused-ring (bicyclic) bond motifs is 1. The fraction of sp³-hybridized carbons (Fsp3) is 0.167. The van der Waals surface area contributed by atoms with Crippen LogP contribution in [0, 0.1) is 17.8 Å². The SMILES string of the molecule is CC(=O)Nc1ccc(-c2[nH]c3ccc(NC(=O)[C@@H]4CCCN4C(=O)[CH]c4ccccc4)cc3c2C#N)cc1. The lowest BCUT2D eigenvalue weighted by Crippen LogP contribution is -2.43. The molecule has 8 nitrogen and oxygen atoms in total. The second-order valence-corrected chi connectivity index (χ2v) is 9.24. The van der Waals surface area contributed by atoms with Crippen molar-refractivity contribution in [2.24, 2.45) is 0 Å². The van der Waals surface area contributed by atoms with Crippen molar-refractivity contribution in [3.8, 4) is 17.3 Å². The van der Waals surface area contributed by atoms with Crippen molar-refractivity contribution in [3.05, 3.63) is 90.3 Å². The first-order valence-corrected chi connectivity index (χ1v) is 12.4. The number of rotatable bonds is 6. The van der Waals surface area contributed by atoms with Gasteiger partial charge in [-0.2, -0.15) is 5.26 Å². The average Bonchev–Trinajstić information content (AvgIpc) is 3.54. The Kier molecular flexibility index (Phi) is 6.92. The minimum absolute atomic E-state index is 0.157. The lowest BCUT2D eigenvalue weighted by Gasteiger charge is -2.24. The number of benzene rings is 3. The monoisotopic (exact) mass is 504 g/mol. The molecular formula is C30H26N5O3. The van der Waals surface area contributed by atoms with Gasteiger partial charge in [0.2, 0.25) is 17.7 Å². The van der Waals surface area contributed by atoms with Crippen LogP contribution in [-0.2, 0) is 14.4 Å². The molecule has 0 aliphatic carbocycles. The Morgan fingerprint density at radius 2 is 1.74 bits per heavy atom. The van der Waals surface area contributed by atoms with E-state index in [1.807, 2.05) is 48.5 Å². The minimum Gasteiger partial charge on any atom is -0.353 e. The van der Waals surface area contributed by atoms with Crippen molar-refractivity contribution in [3.63, 3.8) is 0 Å². The molecule has 1 fully saturated rings. The number of nitrogens with zero attached hydrogens (tertiary/aromatic N) is 2. The second-order valence-electron chi connectivity index (χ2n) is 9.24. The van der Waals surface area contributed by atoms with Gasteiger partial charge in [-0.15, -0.1) is 0 Å². The van der Waals surface area contributed by atoms with E-state index in [1.165, 1.54) is 6.92 Å². The Morgan fingerprint density at radius 1 is 1.00 bits per heavy atom. The van der Waals surface area contributed by atoms with Gasteiger partial charge in [-0.1, -0.05) is 42.5 Å². The standard InChI is InChI=1S/C30H26N5O3/c1-19(36)32-22-11-9-21(10-12-22)29-25(18-31)24-17-23(13-14-26(24)34-29)33-30(38)27-8-5-15-35(27)28(37)16-20-6-3-2-4-7-20/h2-4,6-7,9-14,16-17,27,34H,5,8,15H2,1H3,(H,32,36)(H,33,38)/t27-/m0/s1. The summed E-state index contributed by atoms with van der Waals surface area (Å²) >= 11 is 0. The van der Waals surface area contributed by atoms with Gasteiger partial charge in [0.05, 0.1) is 17.7 Å². The summed E-state index contributed by atoms with van der Waals surface area (Å²) in [6, 6.07) is 23.6. The summed E-state index contributed by atoms with van der Waals surface area (Å²) in [6.45, 7) is 1.97. The number of aromatic nitrogens is 1. The van der Waals surface area contributed by atoms with Crippen molar-refractivity contribution in [1.29, 1.82) is 5.26 Å². The van der Waals surface area contributed by atoms with E-state index < -0.39 is 6.04 Å². The normalized spacial score (nSPS) is 14.7. The van der Waals surface area contributed by atoms with Gasteiger partial charge in [-0.05, 0) is 54.3 Å². The van der Waals surface area contributed by atoms with E-state index in [-0.39, 0.29) is 17.7 Å². The maximum atomic E-state index is 13.2. The molecule has 3 amide bonds. The first-order chi connectivity index (χ1) is 18.4. The molecule has 3 N–H and O–H groups in total. The fourth-order valence-corrected chi connectivity index (χ4v) is 4.83. The number of hydrogen-bond acceptors (Lipinski definition) is 4. The van der Waals surface area contributed by atoms with Crippen molar-refractivity contribution < 1.29 is 14.4 Å². The predicted octanol–water partition coefficient (Wildman–Crippen LogP) is 4.85. The molecule has 1 atom stereocenters. The Hall–Kier alpha value is -4.90. The second kappa shape index (κ2) is 10.6. The average molecular weight is 505 g/mol.